The van der Waals surface area contributed by atoms with Crippen LogP contribution in [-0.2, 0) is 0 Å². The molecule has 0 heterocycles. The van der Waals surface area contributed by atoms with Gasteiger partial charge in [-0.05, 0) is 43.7 Å². The van der Waals surface area contributed by atoms with Gasteiger partial charge in [0.1, 0.15) is 5.82 Å². The summed E-state index contributed by atoms with van der Waals surface area (Å²) in [6.07, 6.45) is 0. The number of benzene rings is 2. The number of hydrogen-bond donors (Lipinski definition) is 0. The van der Waals surface area contributed by atoms with Crippen LogP contribution in [0.2, 0.25) is 5.02 Å². The second-order valence-corrected chi connectivity index (χ2v) is 5.66. The molecule has 0 aliphatic carbocycles. The molecular formula is C15H11BrClFO. The third kappa shape index (κ3) is 2.88. The highest BCUT2D eigenvalue weighted by Gasteiger charge is 2.17. The van der Waals surface area contributed by atoms with Gasteiger partial charge in [-0.2, -0.15) is 0 Å². The van der Waals surface area contributed by atoms with Crippen LogP contribution in [0.25, 0.3) is 0 Å². The zero-order valence-electron chi connectivity index (χ0n) is 10.4. The zero-order chi connectivity index (χ0) is 14.2. The number of carbonyl (C=O) groups is 1. The molecule has 0 spiro atoms. The van der Waals surface area contributed by atoms with Crippen molar-refractivity contribution in [2.75, 3.05) is 0 Å². The summed E-state index contributed by atoms with van der Waals surface area (Å²) in [5.41, 5.74) is 2.21. The van der Waals surface area contributed by atoms with Gasteiger partial charge in [0.2, 0.25) is 0 Å². The van der Waals surface area contributed by atoms with E-state index in [9.17, 15) is 9.18 Å². The van der Waals surface area contributed by atoms with Crippen LogP contribution in [0.1, 0.15) is 27.0 Å². The van der Waals surface area contributed by atoms with Gasteiger partial charge in [0.15, 0.2) is 5.78 Å². The predicted molar refractivity (Wildman–Crippen MR) is 78.5 cm³/mol. The Morgan fingerprint density at radius 1 is 1.16 bits per heavy atom. The number of ketones is 1. The molecule has 0 saturated carbocycles. The lowest BCUT2D eigenvalue weighted by molar-refractivity contribution is 0.103. The number of carbonyl (C=O) groups excluding carboxylic acids is 1. The van der Waals surface area contributed by atoms with Gasteiger partial charge in [-0.25, -0.2) is 4.39 Å². The molecule has 0 bridgehead atoms. The van der Waals surface area contributed by atoms with Crippen molar-refractivity contribution < 1.29 is 9.18 Å². The monoisotopic (exact) mass is 340 g/mol. The van der Waals surface area contributed by atoms with E-state index >= 15 is 0 Å². The summed E-state index contributed by atoms with van der Waals surface area (Å²) in [5, 5.41) is 0.126. The van der Waals surface area contributed by atoms with E-state index in [4.69, 9.17) is 11.6 Å². The molecule has 0 amide bonds. The molecule has 1 nitrogen and oxygen atoms in total. The quantitative estimate of drug-likeness (QED) is 0.695. The molecule has 19 heavy (non-hydrogen) atoms. The highest BCUT2D eigenvalue weighted by Crippen LogP contribution is 2.27. The summed E-state index contributed by atoms with van der Waals surface area (Å²) in [6, 6.07) is 8.15. The Morgan fingerprint density at radius 3 is 2.53 bits per heavy atom. The van der Waals surface area contributed by atoms with Crippen LogP contribution in [-0.4, -0.2) is 5.78 Å². The predicted octanol–water partition coefficient (Wildman–Crippen LogP) is 5.09. The maximum absolute atomic E-state index is 13.4. The van der Waals surface area contributed by atoms with Crippen molar-refractivity contribution >= 4 is 33.3 Å². The van der Waals surface area contributed by atoms with Crippen molar-refractivity contribution in [3.8, 4) is 0 Å². The van der Waals surface area contributed by atoms with Crippen LogP contribution in [0, 0.1) is 19.7 Å². The lowest BCUT2D eigenvalue weighted by atomic mass is 10.00. The smallest absolute Gasteiger partial charge is 0.195 e. The summed E-state index contributed by atoms with van der Waals surface area (Å²) in [6.45, 7) is 3.51. The average molecular weight is 342 g/mol. The molecule has 4 heteroatoms. The van der Waals surface area contributed by atoms with Crippen molar-refractivity contribution in [3.63, 3.8) is 0 Å². The molecule has 0 aliphatic rings. The molecule has 0 atom stereocenters. The first-order valence-corrected chi connectivity index (χ1v) is 6.83. The van der Waals surface area contributed by atoms with Crippen LogP contribution in [0.4, 0.5) is 4.39 Å². The molecule has 98 valence electrons. The van der Waals surface area contributed by atoms with Crippen molar-refractivity contribution in [1.82, 2.24) is 0 Å². The Bertz CT molecular complexity index is 667. The summed E-state index contributed by atoms with van der Waals surface area (Å²) < 4.78 is 14.1. The average Bonchev–Trinajstić information content (AvgIpc) is 2.36. The molecule has 0 unspecified atom stereocenters. The van der Waals surface area contributed by atoms with Gasteiger partial charge < -0.3 is 0 Å². The fraction of sp³-hybridized carbons (Fsp3) is 0.133. The highest BCUT2D eigenvalue weighted by molar-refractivity contribution is 9.10. The van der Waals surface area contributed by atoms with Crippen LogP contribution in [0.15, 0.2) is 34.8 Å². The number of halogens is 3. The third-order valence-electron chi connectivity index (χ3n) is 2.86. The maximum atomic E-state index is 13.4. The second-order valence-electron chi connectivity index (χ2n) is 4.39. The van der Waals surface area contributed by atoms with E-state index < -0.39 is 5.82 Å². The van der Waals surface area contributed by atoms with E-state index in [1.165, 1.54) is 12.1 Å². The summed E-state index contributed by atoms with van der Waals surface area (Å²) in [4.78, 5) is 12.5. The molecule has 0 aliphatic heterocycles. The fourth-order valence-electron chi connectivity index (χ4n) is 1.79. The Kier molecular flexibility index (Phi) is 4.07. The first kappa shape index (κ1) is 14.2. The van der Waals surface area contributed by atoms with Gasteiger partial charge in [0.05, 0.1) is 5.02 Å². The van der Waals surface area contributed by atoms with Crippen molar-refractivity contribution in [1.29, 1.82) is 0 Å². The van der Waals surface area contributed by atoms with Gasteiger partial charge in [-0.1, -0.05) is 39.2 Å². The number of hydrogen-bond acceptors (Lipinski definition) is 1. The van der Waals surface area contributed by atoms with Gasteiger partial charge >= 0.3 is 0 Å². The molecule has 0 radical (unpaired) electrons. The second kappa shape index (κ2) is 5.43. The molecule has 2 aromatic carbocycles. The largest absolute Gasteiger partial charge is 0.289 e. The number of aryl methyl sites for hydroxylation is 2. The van der Waals surface area contributed by atoms with Crippen LogP contribution >= 0.6 is 27.5 Å². The van der Waals surface area contributed by atoms with Gasteiger partial charge in [0.25, 0.3) is 0 Å². The lowest BCUT2D eigenvalue weighted by Gasteiger charge is -2.08. The van der Waals surface area contributed by atoms with E-state index in [-0.39, 0.29) is 10.8 Å². The number of rotatable bonds is 2. The molecule has 0 fully saturated rings. The topological polar surface area (TPSA) is 17.1 Å². The molecule has 2 aromatic rings. The summed E-state index contributed by atoms with van der Waals surface area (Å²) >= 11 is 9.31. The zero-order valence-corrected chi connectivity index (χ0v) is 12.8. The van der Waals surface area contributed by atoms with E-state index in [0.717, 1.165) is 5.56 Å². The van der Waals surface area contributed by atoms with Crippen LogP contribution in [0.5, 0.6) is 0 Å². The lowest BCUT2D eigenvalue weighted by Crippen LogP contribution is -2.05. The van der Waals surface area contributed by atoms with E-state index in [1.807, 2.05) is 19.1 Å². The van der Waals surface area contributed by atoms with E-state index in [2.05, 4.69) is 15.9 Å². The Balaban J connectivity index is 2.56. The molecule has 0 N–H and O–H groups in total. The van der Waals surface area contributed by atoms with E-state index in [1.54, 1.807) is 13.0 Å². The van der Waals surface area contributed by atoms with Crippen molar-refractivity contribution in [3.05, 3.63) is 67.9 Å². The molecular weight excluding hydrogens is 331 g/mol. The minimum Gasteiger partial charge on any atom is -0.289 e. The van der Waals surface area contributed by atoms with Crippen LogP contribution in [0.3, 0.4) is 0 Å². The minimum absolute atomic E-state index is 0.126. The van der Waals surface area contributed by atoms with Gasteiger partial charge in [0, 0.05) is 15.6 Å². The van der Waals surface area contributed by atoms with Gasteiger partial charge in [-0.15, -0.1) is 0 Å². The summed E-state index contributed by atoms with van der Waals surface area (Å²) in [5.74, 6) is -0.631. The first-order chi connectivity index (χ1) is 8.90. The SMILES string of the molecule is Cc1ccc(Br)c(C(=O)c2cc(C)c(F)cc2Cl)c1. The summed E-state index contributed by atoms with van der Waals surface area (Å²) in [7, 11) is 0. The standard InChI is InChI=1S/C15H11BrClFO/c1-8-3-4-12(16)10(5-8)15(19)11-6-9(2)14(18)7-13(11)17/h3-7H,1-2H3. The Morgan fingerprint density at radius 2 is 1.84 bits per heavy atom. The Hall–Kier alpha value is -1.19. The fourth-order valence-corrected chi connectivity index (χ4v) is 2.45. The molecule has 0 aromatic heterocycles. The van der Waals surface area contributed by atoms with Crippen molar-refractivity contribution in [2.45, 2.75) is 13.8 Å². The van der Waals surface area contributed by atoms with Crippen molar-refractivity contribution in [2.24, 2.45) is 0 Å². The van der Waals surface area contributed by atoms with Gasteiger partial charge in [-0.3, -0.25) is 4.79 Å². The highest BCUT2D eigenvalue weighted by atomic mass is 79.9. The maximum Gasteiger partial charge on any atom is 0.195 e. The molecule has 0 saturated heterocycles. The van der Waals surface area contributed by atoms with E-state index in [0.29, 0.717) is 21.2 Å². The first-order valence-electron chi connectivity index (χ1n) is 5.66. The normalized spacial score (nSPS) is 10.6. The third-order valence-corrected chi connectivity index (χ3v) is 3.86. The van der Waals surface area contributed by atoms with Crippen LogP contribution < -0.4 is 0 Å². The molecule has 2 rings (SSSR count). The Labute approximate surface area is 124 Å². The minimum atomic E-state index is -0.412.